The minimum absolute atomic E-state index is 0.0687. The van der Waals surface area contributed by atoms with Crippen molar-refractivity contribution in [3.8, 4) is 0 Å². The summed E-state index contributed by atoms with van der Waals surface area (Å²) in [7, 11) is -3.79. The summed E-state index contributed by atoms with van der Waals surface area (Å²) in [5.41, 5.74) is 5.54. The van der Waals surface area contributed by atoms with Gasteiger partial charge < -0.3 is 5.73 Å². The molecule has 0 aliphatic carbocycles. The number of rotatable bonds is 4. The summed E-state index contributed by atoms with van der Waals surface area (Å²) in [5, 5.41) is 1.75. The van der Waals surface area contributed by atoms with Crippen molar-refractivity contribution in [1.29, 1.82) is 0 Å². The van der Waals surface area contributed by atoms with E-state index in [9.17, 15) is 12.8 Å². The Balaban J connectivity index is 2.36. The largest absolute Gasteiger partial charge is 0.326 e. The van der Waals surface area contributed by atoms with Crippen LogP contribution in [-0.2, 0) is 16.6 Å². The number of nitrogens with two attached hydrogens (primary N) is 1. The van der Waals surface area contributed by atoms with Crippen molar-refractivity contribution in [2.24, 2.45) is 5.73 Å². The molecule has 4 nitrogen and oxygen atoms in total. The van der Waals surface area contributed by atoms with Gasteiger partial charge in [-0.25, -0.2) is 12.8 Å². The summed E-state index contributed by atoms with van der Waals surface area (Å²) in [6, 6.07) is 4.93. The van der Waals surface area contributed by atoms with Gasteiger partial charge in [0.15, 0.2) is 0 Å². The second-order valence-electron chi connectivity index (χ2n) is 3.68. The molecule has 2 rings (SSSR count). The molecule has 0 fully saturated rings. The van der Waals surface area contributed by atoms with Crippen LogP contribution < -0.4 is 10.5 Å². The molecule has 0 spiro atoms. The third-order valence-electron chi connectivity index (χ3n) is 2.29. The number of benzene rings is 1. The molecule has 1 heterocycles. The van der Waals surface area contributed by atoms with E-state index in [0.717, 1.165) is 12.1 Å². The van der Waals surface area contributed by atoms with E-state index in [2.05, 4.69) is 4.72 Å². The van der Waals surface area contributed by atoms with E-state index < -0.39 is 15.8 Å². The number of nitrogens with one attached hydrogen (secondary N) is 1. The van der Waals surface area contributed by atoms with Gasteiger partial charge in [-0.3, -0.25) is 4.72 Å². The van der Waals surface area contributed by atoms with Crippen LogP contribution in [0.2, 0.25) is 5.02 Å². The van der Waals surface area contributed by atoms with E-state index in [0.29, 0.717) is 4.88 Å². The molecular weight excluding hydrogens is 311 g/mol. The third kappa shape index (κ3) is 3.24. The summed E-state index contributed by atoms with van der Waals surface area (Å²) < 4.78 is 39.7. The molecule has 0 saturated heterocycles. The van der Waals surface area contributed by atoms with Gasteiger partial charge in [-0.15, -0.1) is 11.3 Å². The molecule has 19 heavy (non-hydrogen) atoms. The molecule has 1 aromatic heterocycles. The van der Waals surface area contributed by atoms with E-state index >= 15 is 0 Å². The number of thiophene rings is 1. The van der Waals surface area contributed by atoms with Gasteiger partial charge in [-0.2, -0.15) is 0 Å². The standard InChI is InChI=1S/C11H10ClFN2O2S2/c12-7-3-8(13)5-9(4-7)15-19(16,17)11-1-2-18-10(11)6-14/h1-5,15H,6,14H2. The van der Waals surface area contributed by atoms with E-state index in [1.807, 2.05) is 0 Å². The summed E-state index contributed by atoms with van der Waals surface area (Å²) in [6.07, 6.45) is 0. The van der Waals surface area contributed by atoms with Crippen LogP contribution in [0.1, 0.15) is 4.88 Å². The van der Waals surface area contributed by atoms with Crippen molar-refractivity contribution in [3.63, 3.8) is 0 Å². The number of hydrogen-bond donors (Lipinski definition) is 2. The van der Waals surface area contributed by atoms with E-state index in [1.165, 1.54) is 23.5 Å². The third-order valence-corrected chi connectivity index (χ3v) is 5.05. The highest BCUT2D eigenvalue weighted by Gasteiger charge is 2.19. The zero-order chi connectivity index (χ0) is 14.0. The molecule has 0 aliphatic rings. The van der Waals surface area contributed by atoms with Crippen molar-refractivity contribution in [3.05, 3.63) is 45.4 Å². The van der Waals surface area contributed by atoms with Gasteiger partial charge in [0.05, 0.1) is 5.69 Å². The Morgan fingerprint density at radius 3 is 2.74 bits per heavy atom. The summed E-state index contributed by atoms with van der Waals surface area (Å²) >= 11 is 6.92. The lowest BCUT2D eigenvalue weighted by molar-refractivity contribution is 0.600. The lowest BCUT2D eigenvalue weighted by Crippen LogP contribution is -2.14. The number of anilines is 1. The van der Waals surface area contributed by atoms with Gasteiger partial charge in [0, 0.05) is 16.4 Å². The fraction of sp³-hybridized carbons (Fsp3) is 0.0909. The predicted molar refractivity (Wildman–Crippen MR) is 74.4 cm³/mol. The smallest absolute Gasteiger partial charge is 0.263 e. The maximum Gasteiger partial charge on any atom is 0.263 e. The molecule has 0 amide bonds. The zero-order valence-electron chi connectivity index (χ0n) is 9.56. The molecule has 0 radical (unpaired) electrons. The van der Waals surface area contributed by atoms with Crippen molar-refractivity contribution >= 4 is 38.6 Å². The summed E-state index contributed by atoms with van der Waals surface area (Å²) in [5.74, 6) is -0.616. The molecule has 0 unspecified atom stereocenters. The quantitative estimate of drug-likeness (QED) is 0.910. The highest BCUT2D eigenvalue weighted by atomic mass is 35.5. The maximum atomic E-state index is 13.2. The lowest BCUT2D eigenvalue weighted by Gasteiger charge is -2.08. The number of sulfonamides is 1. The Labute approximate surface area is 119 Å². The fourth-order valence-corrected chi connectivity index (χ4v) is 4.14. The van der Waals surface area contributed by atoms with Gasteiger partial charge in [0.2, 0.25) is 0 Å². The molecule has 2 aromatic rings. The van der Waals surface area contributed by atoms with Crippen molar-refractivity contribution in [1.82, 2.24) is 0 Å². The molecule has 3 N–H and O–H groups in total. The van der Waals surface area contributed by atoms with Crippen LogP contribution in [-0.4, -0.2) is 8.42 Å². The van der Waals surface area contributed by atoms with Crippen LogP contribution in [0.3, 0.4) is 0 Å². The minimum Gasteiger partial charge on any atom is -0.326 e. The van der Waals surface area contributed by atoms with Gasteiger partial charge in [-0.1, -0.05) is 11.6 Å². The summed E-state index contributed by atoms with van der Waals surface area (Å²) in [6.45, 7) is 0.123. The fourth-order valence-electron chi connectivity index (χ4n) is 1.54. The van der Waals surface area contributed by atoms with Crippen LogP contribution in [0.25, 0.3) is 0 Å². The molecule has 0 atom stereocenters. The molecule has 102 valence electrons. The van der Waals surface area contributed by atoms with Crippen molar-refractivity contribution < 1.29 is 12.8 Å². The van der Waals surface area contributed by atoms with Crippen molar-refractivity contribution in [2.45, 2.75) is 11.4 Å². The first-order valence-corrected chi connectivity index (χ1v) is 7.92. The number of hydrogen-bond acceptors (Lipinski definition) is 4. The van der Waals surface area contributed by atoms with Gasteiger partial charge in [0.1, 0.15) is 10.7 Å². The maximum absolute atomic E-state index is 13.2. The normalized spacial score (nSPS) is 11.5. The van der Waals surface area contributed by atoms with Crippen LogP contribution >= 0.6 is 22.9 Å². The van der Waals surface area contributed by atoms with Gasteiger partial charge in [-0.05, 0) is 29.6 Å². The molecule has 8 heteroatoms. The first kappa shape index (κ1) is 14.3. The topological polar surface area (TPSA) is 72.2 Å². The Bertz CT molecular complexity index is 680. The SMILES string of the molecule is NCc1sccc1S(=O)(=O)Nc1cc(F)cc(Cl)c1. The monoisotopic (exact) mass is 320 g/mol. The van der Waals surface area contributed by atoms with E-state index in [1.54, 1.807) is 5.38 Å². The molecule has 0 aliphatic heterocycles. The number of halogens is 2. The Morgan fingerprint density at radius 2 is 2.11 bits per heavy atom. The van der Waals surface area contributed by atoms with Gasteiger partial charge >= 0.3 is 0 Å². The average Bonchev–Trinajstić information content (AvgIpc) is 2.75. The van der Waals surface area contributed by atoms with E-state index in [-0.39, 0.29) is 22.2 Å². The molecule has 0 saturated carbocycles. The Kier molecular flexibility index (Phi) is 4.10. The Morgan fingerprint density at radius 1 is 1.37 bits per heavy atom. The van der Waals surface area contributed by atoms with Crippen LogP contribution in [0.4, 0.5) is 10.1 Å². The summed E-state index contributed by atoms with van der Waals surface area (Å²) in [4.78, 5) is 0.635. The molecule has 0 bridgehead atoms. The first-order valence-electron chi connectivity index (χ1n) is 5.18. The van der Waals surface area contributed by atoms with Crippen LogP contribution in [0.15, 0.2) is 34.5 Å². The minimum atomic E-state index is -3.79. The van der Waals surface area contributed by atoms with Gasteiger partial charge in [0.25, 0.3) is 10.0 Å². The molecule has 1 aromatic carbocycles. The zero-order valence-corrected chi connectivity index (χ0v) is 11.9. The highest BCUT2D eigenvalue weighted by molar-refractivity contribution is 7.93. The second kappa shape index (κ2) is 5.46. The second-order valence-corrected chi connectivity index (χ2v) is 6.76. The van der Waals surface area contributed by atoms with Crippen LogP contribution in [0, 0.1) is 5.82 Å². The molecular formula is C11H10ClFN2O2S2. The Hall–Kier alpha value is -1.15. The first-order chi connectivity index (χ1) is 8.92. The van der Waals surface area contributed by atoms with Crippen LogP contribution in [0.5, 0.6) is 0 Å². The lowest BCUT2D eigenvalue weighted by atomic mass is 10.3. The van der Waals surface area contributed by atoms with E-state index in [4.69, 9.17) is 17.3 Å². The highest BCUT2D eigenvalue weighted by Crippen LogP contribution is 2.25. The van der Waals surface area contributed by atoms with Crippen molar-refractivity contribution in [2.75, 3.05) is 4.72 Å². The predicted octanol–water partition coefficient (Wildman–Crippen LogP) is 2.80. The average molecular weight is 321 g/mol.